The van der Waals surface area contributed by atoms with Crippen LogP contribution in [0.4, 0.5) is 0 Å². The van der Waals surface area contributed by atoms with E-state index in [-0.39, 0.29) is 11.6 Å². The van der Waals surface area contributed by atoms with E-state index in [2.05, 4.69) is 6.07 Å². The number of hydrogen-bond donors (Lipinski definition) is 2. The van der Waals surface area contributed by atoms with Gasteiger partial charge in [0.25, 0.3) is 0 Å². The number of aromatic hydroxyl groups is 1. The summed E-state index contributed by atoms with van der Waals surface area (Å²) in [5, 5.41) is 21.4. The average Bonchev–Trinajstić information content (AvgIpc) is 2.72. The lowest BCUT2D eigenvalue weighted by molar-refractivity contribution is 0.356. The summed E-state index contributed by atoms with van der Waals surface area (Å²) in [6, 6.07) is 14.9. The standard InChI is InChI=1S/C22H19BN2O4/c1-27-18-9-11(8-16(23)21(18)28-2)19-14-7-6-12-13(4-3-5-17(12)26)20(14)29-22(25)15(19)10-24/h3-9,19,26H,23,25H2,1-2H3. The molecule has 29 heavy (non-hydrogen) atoms. The Hall–Kier alpha value is -3.79. The Balaban J connectivity index is 2.02. The third kappa shape index (κ3) is 2.81. The molecule has 3 aromatic carbocycles. The first-order chi connectivity index (χ1) is 14.0. The SMILES string of the molecule is Bc1cc(C2C(C#N)=C(N)Oc3c2ccc2c(O)cccc32)cc(OC)c1OC. The number of fused-ring (bicyclic) bond motifs is 3. The fraction of sp³-hybridized carbons (Fsp3) is 0.136. The minimum Gasteiger partial charge on any atom is -0.507 e. The second kappa shape index (κ2) is 6.99. The maximum atomic E-state index is 10.2. The van der Waals surface area contributed by atoms with Crippen LogP contribution < -0.4 is 25.4 Å². The van der Waals surface area contributed by atoms with Crippen molar-refractivity contribution in [3.05, 3.63) is 65.0 Å². The van der Waals surface area contributed by atoms with E-state index in [9.17, 15) is 10.4 Å². The molecule has 4 rings (SSSR count). The van der Waals surface area contributed by atoms with E-state index in [1.807, 2.05) is 38.2 Å². The highest BCUT2D eigenvalue weighted by atomic mass is 16.5. The number of nitrogens with two attached hydrogens (primary N) is 1. The van der Waals surface area contributed by atoms with Crippen LogP contribution in [0.15, 0.2) is 53.9 Å². The number of phenols is 1. The zero-order valence-corrected chi connectivity index (χ0v) is 16.3. The number of methoxy groups -OCH3 is 2. The van der Waals surface area contributed by atoms with Crippen LogP contribution in [-0.2, 0) is 0 Å². The molecule has 0 saturated heterocycles. The van der Waals surface area contributed by atoms with Gasteiger partial charge in [0.05, 0.1) is 20.1 Å². The van der Waals surface area contributed by atoms with Gasteiger partial charge in [-0.2, -0.15) is 5.26 Å². The minimum absolute atomic E-state index is 0.0493. The lowest BCUT2D eigenvalue weighted by Crippen LogP contribution is -2.22. The molecular weight excluding hydrogens is 367 g/mol. The molecule has 0 saturated carbocycles. The first-order valence-corrected chi connectivity index (χ1v) is 9.04. The molecule has 0 aliphatic carbocycles. The number of rotatable bonds is 3. The first-order valence-electron chi connectivity index (χ1n) is 9.04. The highest BCUT2D eigenvalue weighted by Crippen LogP contribution is 2.47. The molecule has 0 fully saturated rings. The Morgan fingerprint density at radius 3 is 2.62 bits per heavy atom. The zero-order valence-electron chi connectivity index (χ0n) is 16.3. The molecule has 1 atom stereocenters. The maximum Gasteiger partial charge on any atom is 0.205 e. The van der Waals surface area contributed by atoms with Gasteiger partial charge in [0.1, 0.15) is 31.0 Å². The molecule has 1 unspecified atom stereocenters. The molecule has 0 bridgehead atoms. The summed E-state index contributed by atoms with van der Waals surface area (Å²) in [5.41, 5.74) is 8.97. The zero-order chi connectivity index (χ0) is 20.7. The van der Waals surface area contributed by atoms with Crippen LogP contribution in [0.2, 0.25) is 0 Å². The van der Waals surface area contributed by atoms with Gasteiger partial charge in [0.15, 0.2) is 11.5 Å². The van der Waals surface area contributed by atoms with Crippen LogP contribution in [-0.4, -0.2) is 27.2 Å². The molecule has 3 N–H and O–H groups in total. The Morgan fingerprint density at radius 2 is 1.93 bits per heavy atom. The topological polar surface area (TPSA) is 97.7 Å². The summed E-state index contributed by atoms with van der Waals surface area (Å²) >= 11 is 0. The van der Waals surface area contributed by atoms with Crippen molar-refractivity contribution < 1.29 is 19.3 Å². The normalized spacial score (nSPS) is 15.4. The van der Waals surface area contributed by atoms with Crippen LogP contribution >= 0.6 is 0 Å². The van der Waals surface area contributed by atoms with Gasteiger partial charge in [-0.1, -0.05) is 30.3 Å². The van der Waals surface area contributed by atoms with E-state index in [4.69, 9.17) is 19.9 Å². The van der Waals surface area contributed by atoms with Crippen molar-refractivity contribution in [1.82, 2.24) is 0 Å². The lowest BCUT2D eigenvalue weighted by atomic mass is 9.80. The number of ether oxygens (including phenoxy) is 3. The van der Waals surface area contributed by atoms with E-state index < -0.39 is 5.92 Å². The number of phenolic OH excluding ortho intramolecular Hbond substituents is 1. The van der Waals surface area contributed by atoms with Crippen molar-refractivity contribution in [3.8, 4) is 29.1 Å². The predicted molar refractivity (Wildman–Crippen MR) is 113 cm³/mol. The van der Waals surface area contributed by atoms with Crippen molar-refractivity contribution in [2.75, 3.05) is 14.2 Å². The highest BCUT2D eigenvalue weighted by Gasteiger charge is 2.32. The fourth-order valence-electron chi connectivity index (χ4n) is 3.95. The van der Waals surface area contributed by atoms with Gasteiger partial charge < -0.3 is 25.1 Å². The first kappa shape index (κ1) is 18.6. The van der Waals surface area contributed by atoms with Gasteiger partial charge in [-0.25, -0.2) is 0 Å². The molecule has 0 radical (unpaired) electrons. The summed E-state index contributed by atoms with van der Waals surface area (Å²) in [4.78, 5) is 0. The minimum atomic E-state index is -0.436. The van der Waals surface area contributed by atoms with Crippen LogP contribution in [0.3, 0.4) is 0 Å². The van der Waals surface area contributed by atoms with E-state index in [0.29, 0.717) is 28.2 Å². The Labute approximate surface area is 169 Å². The molecule has 1 aliphatic heterocycles. The molecule has 6 nitrogen and oxygen atoms in total. The molecule has 0 amide bonds. The van der Waals surface area contributed by atoms with Gasteiger partial charge in [-0.15, -0.1) is 0 Å². The average molecular weight is 386 g/mol. The molecule has 3 aromatic rings. The molecule has 1 aliphatic rings. The van der Waals surface area contributed by atoms with Gasteiger partial charge in [0, 0.05) is 16.3 Å². The smallest absolute Gasteiger partial charge is 0.205 e. The number of benzene rings is 3. The third-order valence-corrected chi connectivity index (χ3v) is 5.24. The van der Waals surface area contributed by atoms with Crippen molar-refractivity contribution in [2.45, 2.75) is 5.92 Å². The van der Waals surface area contributed by atoms with Crippen molar-refractivity contribution in [1.29, 1.82) is 5.26 Å². The van der Waals surface area contributed by atoms with Gasteiger partial charge in [-0.3, -0.25) is 0 Å². The number of allylic oxidation sites excluding steroid dienone is 1. The number of nitrogens with zero attached hydrogens (tertiary/aromatic N) is 1. The monoisotopic (exact) mass is 386 g/mol. The summed E-state index contributed by atoms with van der Waals surface area (Å²) in [6.45, 7) is 0. The van der Waals surface area contributed by atoms with Crippen molar-refractivity contribution >= 4 is 24.1 Å². The molecule has 1 heterocycles. The summed E-state index contributed by atoms with van der Waals surface area (Å²) in [6.07, 6.45) is 0. The predicted octanol–water partition coefficient (Wildman–Crippen LogP) is 2.04. The van der Waals surface area contributed by atoms with Crippen molar-refractivity contribution in [2.24, 2.45) is 5.73 Å². The Kier molecular flexibility index (Phi) is 4.48. The number of nitriles is 1. The molecular formula is C22H19BN2O4. The lowest BCUT2D eigenvalue weighted by Gasteiger charge is -2.28. The van der Waals surface area contributed by atoms with Gasteiger partial charge >= 0.3 is 0 Å². The fourth-order valence-corrected chi connectivity index (χ4v) is 3.95. The van der Waals surface area contributed by atoms with Gasteiger partial charge in [0.2, 0.25) is 5.88 Å². The second-order valence-electron chi connectivity index (χ2n) is 6.85. The van der Waals surface area contributed by atoms with Crippen LogP contribution in [0.1, 0.15) is 17.0 Å². The Morgan fingerprint density at radius 1 is 1.14 bits per heavy atom. The van der Waals surface area contributed by atoms with Crippen LogP contribution in [0, 0.1) is 11.3 Å². The Bertz CT molecular complexity index is 1210. The maximum absolute atomic E-state index is 10.2. The van der Waals surface area contributed by atoms with Crippen molar-refractivity contribution in [3.63, 3.8) is 0 Å². The van der Waals surface area contributed by atoms with Crippen LogP contribution in [0.5, 0.6) is 23.0 Å². The summed E-state index contributed by atoms with van der Waals surface area (Å²) < 4.78 is 16.8. The van der Waals surface area contributed by atoms with E-state index >= 15 is 0 Å². The largest absolute Gasteiger partial charge is 0.507 e. The molecule has 0 spiro atoms. The molecule has 0 aromatic heterocycles. The highest BCUT2D eigenvalue weighted by molar-refractivity contribution is 6.34. The molecule has 144 valence electrons. The quantitative estimate of drug-likeness (QED) is 0.669. The van der Waals surface area contributed by atoms with E-state index in [1.165, 1.54) is 0 Å². The van der Waals surface area contributed by atoms with E-state index in [0.717, 1.165) is 22.0 Å². The summed E-state index contributed by atoms with van der Waals surface area (Å²) in [7, 11) is 5.08. The van der Waals surface area contributed by atoms with Crippen LogP contribution in [0.25, 0.3) is 10.8 Å². The third-order valence-electron chi connectivity index (χ3n) is 5.24. The second-order valence-corrected chi connectivity index (χ2v) is 6.85. The van der Waals surface area contributed by atoms with E-state index in [1.54, 1.807) is 26.4 Å². The van der Waals surface area contributed by atoms with Gasteiger partial charge in [-0.05, 0) is 23.2 Å². The summed E-state index contributed by atoms with van der Waals surface area (Å²) in [5.74, 6) is 1.52. The molecule has 7 heteroatoms. The number of hydrogen-bond acceptors (Lipinski definition) is 6.